The first-order valence-electron chi connectivity index (χ1n) is 5.87. The van der Waals surface area contributed by atoms with E-state index < -0.39 is 21.4 Å². The summed E-state index contributed by atoms with van der Waals surface area (Å²) in [6.45, 7) is 3.94. The molecule has 19 heavy (non-hydrogen) atoms. The van der Waals surface area contributed by atoms with Gasteiger partial charge in [-0.05, 0) is 31.0 Å². The number of hydrogen-bond donors (Lipinski definition) is 2. The third-order valence-electron chi connectivity index (χ3n) is 3.13. The summed E-state index contributed by atoms with van der Waals surface area (Å²) in [6, 6.07) is 4.89. The number of benzene rings is 1. The molecule has 0 heterocycles. The highest BCUT2D eigenvalue weighted by atomic mass is 35.5. The standard InChI is InChI=1S/C12H19FN2O2S.ClH/c1-3-12(14,4-2)9-15-18(16,17)11-7-5-6-10(13)8-11;/h5-8,15H,3-4,9,14H2,1-2H3;1H. The second kappa shape index (κ2) is 7.19. The van der Waals surface area contributed by atoms with Crippen molar-refractivity contribution in [1.82, 2.24) is 4.72 Å². The monoisotopic (exact) mass is 310 g/mol. The molecular formula is C12H20ClFN2O2S. The Bertz CT molecular complexity index is 504. The molecule has 0 aromatic heterocycles. The quantitative estimate of drug-likeness (QED) is 0.844. The Labute approximate surface area is 120 Å². The molecule has 0 radical (unpaired) electrons. The largest absolute Gasteiger partial charge is 0.324 e. The summed E-state index contributed by atoms with van der Waals surface area (Å²) in [5.41, 5.74) is 5.44. The van der Waals surface area contributed by atoms with E-state index in [1.807, 2.05) is 13.8 Å². The van der Waals surface area contributed by atoms with Gasteiger partial charge in [0, 0.05) is 12.1 Å². The Kier molecular flexibility index (Phi) is 6.93. The smallest absolute Gasteiger partial charge is 0.240 e. The first-order valence-corrected chi connectivity index (χ1v) is 7.35. The van der Waals surface area contributed by atoms with E-state index in [1.165, 1.54) is 18.2 Å². The molecule has 7 heteroatoms. The molecule has 3 N–H and O–H groups in total. The van der Waals surface area contributed by atoms with Gasteiger partial charge in [-0.1, -0.05) is 19.9 Å². The maximum atomic E-state index is 13.0. The molecule has 0 aliphatic heterocycles. The van der Waals surface area contributed by atoms with Crippen LogP contribution in [0.25, 0.3) is 0 Å². The van der Waals surface area contributed by atoms with Crippen LogP contribution in [-0.2, 0) is 10.0 Å². The molecule has 1 aromatic rings. The summed E-state index contributed by atoms with van der Waals surface area (Å²) in [7, 11) is -3.71. The zero-order valence-electron chi connectivity index (χ0n) is 11.0. The van der Waals surface area contributed by atoms with Gasteiger partial charge in [-0.2, -0.15) is 0 Å². The van der Waals surface area contributed by atoms with Gasteiger partial charge in [0.2, 0.25) is 10.0 Å². The van der Waals surface area contributed by atoms with Crippen LogP contribution in [0.3, 0.4) is 0 Å². The topological polar surface area (TPSA) is 72.2 Å². The molecule has 110 valence electrons. The van der Waals surface area contributed by atoms with Crippen LogP contribution >= 0.6 is 12.4 Å². The fourth-order valence-corrected chi connectivity index (χ4v) is 2.63. The molecule has 0 aliphatic carbocycles. The second-order valence-electron chi connectivity index (χ2n) is 4.35. The summed E-state index contributed by atoms with van der Waals surface area (Å²) < 4.78 is 39.3. The highest BCUT2D eigenvalue weighted by Crippen LogP contribution is 2.13. The minimum Gasteiger partial charge on any atom is -0.324 e. The van der Waals surface area contributed by atoms with Crippen LogP contribution < -0.4 is 10.5 Å². The van der Waals surface area contributed by atoms with Gasteiger partial charge in [-0.25, -0.2) is 17.5 Å². The van der Waals surface area contributed by atoms with Gasteiger partial charge in [0.1, 0.15) is 5.82 Å². The van der Waals surface area contributed by atoms with Crippen LogP contribution in [0, 0.1) is 5.82 Å². The van der Waals surface area contributed by atoms with E-state index in [2.05, 4.69) is 4.72 Å². The highest BCUT2D eigenvalue weighted by molar-refractivity contribution is 7.89. The summed E-state index contributed by atoms with van der Waals surface area (Å²) in [5, 5.41) is 0. The fourth-order valence-electron chi connectivity index (χ4n) is 1.46. The number of hydrogen-bond acceptors (Lipinski definition) is 3. The lowest BCUT2D eigenvalue weighted by atomic mass is 9.95. The third-order valence-corrected chi connectivity index (χ3v) is 4.53. The van der Waals surface area contributed by atoms with Crippen molar-refractivity contribution >= 4 is 22.4 Å². The van der Waals surface area contributed by atoms with Gasteiger partial charge in [-0.15, -0.1) is 12.4 Å². The molecule has 0 amide bonds. The number of sulfonamides is 1. The normalized spacial score (nSPS) is 12.0. The molecule has 0 saturated heterocycles. The Balaban J connectivity index is 0.00000324. The van der Waals surface area contributed by atoms with E-state index in [0.717, 1.165) is 6.07 Å². The SMILES string of the molecule is CCC(N)(CC)CNS(=O)(=O)c1cccc(F)c1.Cl. The zero-order chi connectivity index (χ0) is 13.8. The van der Waals surface area contributed by atoms with Crippen molar-refractivity contribution < 1.29 is 12.8 Å². The van der Waals surface area contributed by atoms with Crippen LogP contribution in [0.4, 0.5) is 4.39 Å². The first kappa shape index (κ1) is 18.3. The van der Waals surface area contributed by atoms with Gasteiger partial charge in [-0.3, -0.25) is 0 Å². The van der Waals surface area contributed by atoms with Crippen molar-refractivity contribution in [2.75, 3.05) is 6.54 Å². The lowest BCUT2D eigenvalue weighted by Crippen LogP contribution is -2.49. The van der Waals surface area contributed by atoms with Gasteiger partial charge in [0.05, 0.1) is 4.90 Å². The Morgan fingerprint density at radius 3 is 2.37 bits per heavy atom. The van der Waals surface area contributed by atoms with Crippen molar-refractivity contribution in [1.29, 1.82) is 0 Å². The summed E-state index contributed by atoms with van der Waals surface area (Å²) in [4.78, 5) is -0.0861. The Hall–Kier alpha value is -0.690. The molecule has 1 rings (SSSR count). The van der Waals surface area contributed by atoms with Crippen LogP contribution in [0.15, 0.2) is 29.2 Å². The lowest BCUT2D eigenvalue weighted by molar-refractivity contribution is 0.391. The second-order valence-corrected chi connectivity index (χ2v) is 6.12. The number of rotatable bonds is 6. The van der Waals surface area contributed by atoms with Crippen LogP contribution in [0.2, 0.25) is 0 Å². The first-order chi connectivity index (χ1) is 8.33. The average Bonchev–Trinajstić information content (AvgIpc) is 2.36. The summed E-state index contributed by atoms with van der Waals surface area (Å²) in [5.74, 6) is -0.581. The molecule has 0 aliphatic rings. The van der Waals surface area contributed by atoms with Gasteiger partial charge >= 0.3 is 0 Å². The minimum atomic E-state index is -3.71. The Morgan fingerprint density at radius 2 is 1.89 bits per heavy atom. The van der Waals surface area contributed by atoms with Crippen molar-refractivity contribution in [3.05, 3.63) is 30.1 Å². The van der Waals surface area contributed by atoms with Crippen molar-refractivity contribution in [2.45, 2.75) is 37.1 Å². The van der Waals surface area contributed by atoms with E-state index >= 15 is 0 Å². The molecular weight excluding hydrogens is 291 g/mol. The molecule has 4 nitrogen and oxygen atoms in total. The minimum absolute atomic E-state index is 0. The van der Waals surface area contributed by atoms with Crippen LogP contribution in [0.5, 0.6) is 0 Å². The molecule has 0 saturated carbocycles. The van der Waals surface area contributed by atoms with E-state index in [4.69, 9.17) is 5.73 Å². The van der Waals surface area contributed by atoms with Gasteiger partial charge in [0.25, 0.3) is 0 Å². The van der Waals surface area contributed by atoms with E-state index in [0.29, 0.717) is 12.8 Å². The van der Waals surface area contributed by atoms with Gasteiger partial charge < -0.3 is 5.73 Å². The lowest BCUT2D eigenvalue weighted by Gasteiger charge is -2.26. The van der Waals surface area contributed by atoms with Crippen molar-refractivity contribution in [2.24, 2.45) is 5.73 Å². The summed E-state index contributed by atoms with van der Waals surface area (Å²) >= 11 is 0. The summed E-state index contributed by atoms with van der Waals surface area (Å²) in [6.07, 6.45) is 1.32. The molecule has 0 bridgehead atoms. The molecule has 0 atom stereocenters. The maximum absolute atomic E-state index is 13.0. The highest BCUT2D eigenvalue weighted by Gasteiger charge is 2.24. The predicted octanol–water partition coefficient (Wildman–Crippen LogP) is 2.04. The van der Waals surface area contributed by atoms with Crippen molar-refractivity contribution in [3.63, 3.8) is 0 Å². The predicted molar refractivity (Wildman–Crippen MR) is 76.3 cm³/mol. The average molecular weight is 311 g/mol. The molecule has 0 unspecified atom stereocenters. The van der Waals surface area contributed by atoms with Crippen LogP contribution in [-0.4, -0.2) is 20.5 Å². The van der Waals surface area contributed by atoms with Crippen molar-refractivity contribution in [3.8, 4) is 0 Å². The van der Waals surface area contributed by atoms with E-state index in [-0.39, 0.29) is 23.8 Å². The maximum Gasteiger partial charge on any atom is 0.240 e. The molecule has 0 spiro atoms. The van der Waals surface area contributed by atoms with Crippen LogP contribution in [0.1, 0.15) is 26.7 Å². The Morgan fingerprint density at radius 1 is 1.32 bits per heavy atom. The van der Waals surface area contributed by atoms with Gasteiger partial charge in [0.15, 0.2) is 0 Å². The number of halogens is 2. The number of nitrogens with one attached hydrogen (secondary N) is 1. The van der Waals surface area contributed by atoms with E-state index in [9.17, 15) is 12.8 Å². The third kappa shape index (κ3) is 5.06. The van der Waals surface area contributed by atoms with E-state index in [1.54, 1.807) is 0 Å². The zero-order valence-corrected chi connectivity index (χ0v) is 12.7. The fraction of sp³-hybridized carbons (Fsp3) is 0.500. The number of nitrogens with two attached hydrogens (primary N) is 1. The molecule has 1 aromatic carbocycles. The molecule has 0 fully saturated rings.